The minimum absolute atomic E-state index is 0.0403. The molecule has 0 unspecified atom stereocenters. The van der Waals surface area contributed by atoms with E-state index < -0.39 is 0 Å². The van der Waals surface area contributed by atoms with Crippen molar-refractivity contribution in [2.45, 2.75) is 55.9 Å². The molecule has 0 atom stereocenters. The molecule has 0 aromatic heterocycles. The fourth-order valence-corrected chi connectivity index (χ4v) is 3.56. The first-order valence-electron chi connectivity index (χ1n) is 7.43. The lowest BCUT2D eigenvalue weighted by molar-refractivity contribution is -0.117. The van der Waals surface area contributed by atoms with Crippen LogP contribution in [0.5, 0.6) is 0 Å². The van der Waals surface area contributed by atoms with Gasteiger partial charge in [-0.05, 0) is 30.7 Å². The lowest BCUT2D eigenvalue weighted by atomic mass is 9.80. The van der Waals surface area contributed by atoms with Gasteiger partial charge in [-0.3, -0.25) is 4.79 Å². The standard InChI is InChI=1S/C16H24N2OS/c1-2-20-14-9-5-4-8-13(14)18-15(19)12-16(17)10-6-3-7-11-16/h4-5,8-9H,2-3,6-7,10-12,17H2,1H3,(H,18,19). The van der Waals surface area contributed by atoms with Gasteiger partial charge >= 0.3 is 0 Å². The van der Waals surface area contributed by atoms with Crippen molar-refractivity contribution >= 4 is 23.4 Å². The second-order valence-corrected chi connectivity index (χ2v) is 6.88. The molecule has 0 radical (unpaired) electrons. The zero-order valence-corrected chi connectivity index (χ0v) is 13.0. The van der Waals surface area contributed by atoms with Crippen molar-refractivity contribution in [3.63, 3.8) is 0 Å². The highest BCUT2D eigenvalue weighted by Crippen LogP contribution is 2.30. The van der Waals surface area contributed by atoms with Crippen LogP contribution in [-0.4, -0.2) is 17.2 Å². The van der Waals surface area contributed by atoms with Crippen molar-refractivity contribution < 1.29 is 4.79 Å². The molecule has 20 heavy (non-hydrogen) atoms. The van der Waals surface area contributed by atoms with E-state index in [0.717, 1.165) is 42.0 Å². The van der Waals surface area contributed by atoms with Crippen molar-refractivity contribution in [1.82, 2.24) is 0 Å². The average molecular weight is 292 g/mol. The summed E-state index contributed by atoms with van der Waals surface area (Å²) in [7, 11) is 0. The van der Waals surface area contributed by atoms with Crippen LogP contribution in [0.2, 0.25) is 0 Å². The van der Waals surface area contributed by atoms with E-state index in [1.165, 1.54) is 6.42 Å². The molecule has 0 bridgehead atoms. The molecule has 1 aliphatic carbocycles. The first-order valence-corrected chi connectivity index (χ1v) is 8.42. The lowest BCUT2D eigenvalue weighted by Crippen LogP contribution is -2.44. The van der Waals surface area contributed by atoms with Gasteiger partial charge < -0.3 is 11.1 Å². The number of nitrogens with one attached hydrogen (secondary N) is 1. The van der Waals surface area contributed by atoms with E-state index in [-0.39, 0.29) is 11.4 Å². The Bertz CT molecular complexity index is 456. The van der Waals surface area contributed by atoms with Gasteiger partial charge in [0.2, 0.25) is 5.91 Å². The minimum atomic E-state index is -0.296. The van der Waals surface area contributed by atoms with E-state index >= 15 is 0 Å². The zero-order chi connectivity index (χ0) is 14.4. The molecule has 1 aromatic rings. The van der Waals surface area contributed by atoms with Crippen molar-refractivity contribution in [3.8, 4) is 0 Å². The molecule has 0 aliphatic heterocycles. The molecule has 1 amide bonds. The molecule has 2 rings (SSSR count). The Morgan fingerprint density at radius 3 is 2.70 bits per heavy atom. The summed E-state index contributed by atoms with van der Waals surface area (Å²) in [4.78, 5) is 13.4. The first kappa shape index (κ1) is 15.4. The van der Waals surface area contributed by atoms with Crippen LogP contribution in [0, 0.1) is 0 Å². The third-order valence-corrected chi connectivity index (χ3v) is 4.78. The Morgan fingerprint density at radius 1 is 1.30 bits per heavy atom. The lowest BCUT2D eigenvalue weighted by Gasteiger charge is -2.32. The van der Waals surface area contributed by atoms with Gasteiger partial charge in [-0.2, -0.15) is 0 Å². The second kappa shape index (κ2) is 7.14. The highest BCUT2D eigenvalue weighted by atomic mass is 32.2. The average Bonchev–Trinajstić information content (AvgIpc) is 2.41. The molecule has 0 heterocycles. The minimum Gasteiger partial charge on any atom is -0.325 e. The normalized spacial score (nSPS) is 17.7. The van der Waals surface area contributed by atoms with Gasteiger partial charge in [0.05, 0.1) is 5.69 Å². The monoisotopic (exact) mass is 292 g/mol. The van der Waals surface area contributed by atoms with Crippen molar-refractivity contribution in [2.75, 3.05) is 11.1 Å². The van der Waals surface area contributed by atoms with E-state index in [4.69, 9.17) is 5.73 Å². The topological polar surface area (TPSA) is 55.1 Å². The third-order valence-electron chi connectivity index (χ3n) is 3.82. The second-order valence-electron chi connectivity index (χ2n) is 5.58. The fourth-order valence-electron chi connectivity index (χ4n) is 2.80. The highest BCUT2D eigenvalue weighted by Gasteiger charge is 2.30. The van der Waals surface area contributed by atoms with E-state index in [9.17, 15) is 4.79 Å². The number of hydrogen-bond donors (Lipinski definition) is 2. The van der Waals surface area contributed by atoms with Crippen LogP contribution in [0.1, 0.15) is 45.4 Å². The van der Waals surface area contributed by atoms with Crippen LogP contribution in [0.4, 0.5) is 5.69 Å². The zero-order valence-electron chi connectivity index (χ0n) is 12.2. The van der Waals surface area contributed by atoms with Gasteiger partial charge in [0, 0.05) is 16.9 Å². The number of hydrogen-bond acceptors (Lipinski definition) is 3. The summed E-state index contributed by atoms with van der Waals surface area (Å²) in [5, 5.41) is 3.03. The number of anilines is 1. The molecule has 1 aliphatic rings. The van der Waals surface area contributed by atoms with Gasteiger partial charge in [-0.1, -0.05) is 38.3 Å². The van der Waals surface area contributed by atoms with Crippen molar-refractivity contribution in [1.29, 1.82) is 0 Å². The van der Waals surface area contributed by atoms with Gasteiger partial charge in [0.1, 0.15) is 0 Å². The maximum Gasteiger partial charge on any atom is 0.226 e. The van der Waals surface area contributed by atoms with Gasteiger partial charge in [0.25, 0.3) is 0 Å². The number of para-hydroxylation sites is 1. The Kier molecular flexibility index (Phi) is 5.49. The summed E-state index contributed by atoms with van der Waals surface area (Å²) in [5.41, 5.74) is 6.95. The summed E-state index contributed by atoms with van der Waals surface area (Å²) in [5.74, 6) is 1.03. The first-order chi connectivity index (χ1) is 9.63. The number of nitrogens with two attached hydrogens (primary N) is 1. The fraction of sp³-hybridized carbons (Fsp3) is 0.562. The number of thioether (sulfide) groups is 1. The van der Waals surface area contributed by atoms with Gasteiger partial charge in [-0.25, -0.2) is 0 Å². The third kappa shape index (κ3) is 4.25. The van der Waals surface area contributed by atoms with Gasteiger partial charge in [-0.15, -0.1) is 11.8 Å². The van der Waals surface area contributed by atoms with Crippen molar-refractivity contribution in [2.24, 2.45) is 5.73 Å². The van der Waals surface area contributed by atoms with Crippen LogP contribution in [0.15, 0.2) is 29.2 Å². The van der Waals surface area contributed by atoms with Crippen LogP contribution in [0.3, 0.4) is 0 Å². The number of carbonyl (C=O) groups is 1. The Hall–Kier alpha value is -1.00. The van der Waals surface area contributed by atoms with Gasteiger partial charge in [0.15, 0.2) is 0 Å². The number of amides is 1. The summed E-state index contributed by atoms with van der Waals surface area (Å²) < 4.78 is 0. The van der Waals surface area contributed by atoms with Crippen LogP contribution in [-0.2, 0) is 4.79 Å². The van der Waals surface area contributed by atoms with E-state index in [2.05, 4.69) is 12.2 Å². The largest absolute Gasteiger partial charge is 0.325 e. The van der Waals surface area contributed by atoms with E-state index in [0.29, 0.717) is 6.42 Å². The quantitative estimate of drug-likeness (QED) is 0.812. The summed E-state index contributed by atoms with van der Waals surface area (Å²) >= 11 is 1.74. The number of benzene rings is 1. The number of rotatable bonds is 5. The molecule has 1 aromatic carbocycles. The highest BCUT2D eigenvalue weighted by molar-refractivity contribution is 7.99. The molecule has 4 heteroatoms. The molecule has 0 saturated heterocycles. The molecule has 0 spiro atoms. The maximum absolute atomic E-state index is 12.2. The molecule has 3 nitrogen and oxygen atoms in total. The van der Waals surface area contributed by atoms with Crippen LogP contribution in [0.25, 0.3) is 0 Å². The maximum atomic E-state index is 12.2. The molecular weight excluding hydrogens is 268 g/mol. The molecule has 1 saturated carbocycles. The smallest absolute Gasteiger partial charge is 0.226 e. The Balaban J connectivity index is 1.97. The summed E-state index contributed by atoms with van der Waals surface area (Å²) in [6.07, 6.45) is 5.89. The van der Waals surface area contributed by atoms with Crippen LogP contribution < -0.4 is 11.1 Å². The summed E-state index contributed by atoms with van der Waals surface area (Å²) in [6, 6.07) is 7.95. The molecule has 110 valence electrons. The molecule has 1 fully saturated rings. The molecule has 3 N–H and O–H groups in total. The predicted molar refractivity (Wildman–Crippen MR) is 86.1 cm³/mol. The Labute approximate surface area is 125 Å². The molecular formula is C16H24N2OS. The predicted octanol–water partition coefficient (Wildman–Crippen LogP) is 3.79. The Morgan fingerprint density at radius 2 is 2.00 bits per heavy atom. The SMILES string of the molecule is CCSc1ccccc1NC(=O)CC1(N)CCCCC1. The van der Waals surface area contributed by atoms with Crippen molar-refractivity contribution in [3.05, 3.63) is 24.3 Å². The number of carbonyl (C=O) groups excluding carboxylic acids is 1. The van der Waals surface area contributed by atoms with E-state index in [1.54, 1.807) is 11.8 Å². The summed E-state index contributed by atoms with van der Waals surface area (Å²) in [6.45, 7) is 2.11. The van der Waals surface area contributed by atoms with Crippen LogP contribution >= 0.6 is 11.8 Å². The van der Waals surface area contributed by atoms with E-state index in [1.807, 2.05) is 24.3 Å².